The first kappa shape index (κ1) is 10.5. The lowest BCUT2D eigenvalue weighted by Crippen LogP contribution is -2.22. The Labute approximate surface area is 102 Å². The number of carbonyl (C=O) groups is 1. The average molecular weight is 242 g/mol. The van der Waals surface area contributed by atoms with Crippen molar-refractivity contribution >= 4 is 16.9 Å². The van der Waals surface area contributed by atoms with Crippen LogP contribution in [0.3, 0.4) is 0 Å². The summed E-state index contributed by atoms with van der Waals surface area (Å²) in [7, 11) is 0. The minimum Gasteiger partial charge on any atom is -0.364 e. The van der Waals surface area contributed by atoms with E-state index in [-0.39, 0.29) is 5.91 Å². The molecule has 0 saturated carbocycles. The molecule has 6 nitrogen and oxygen atoms in total. The molecule has 2 aromatic heterocycles. The molecule has 0 aliphatic heterocycles. The van der Waals surface area contributed by atoms with Gasteiger partial charge in [0.05, 0.1) is 23.9 Å². The summed E-state index contributed by atoms with van der Waals surface area (Å²) >= 11 is 0. The SMILES string of the molecule is O=C(NCc1ccon1)c1ccc2nc[nH]c2c1. The zero-order chi connectivity index (χ0) is 12.4. The number of amides is 1. The van der Waals surface area contributed by atoms with Crippen molar-refractivity contribution in [3.63, 3.8) is 0 Å². The molecule has 0 fully saturated rings. The molecule has 2 N–H and O–H groups in total. The molecule has 6 heteroatoms. The summed E-state index contributed by atoms with van der Waals surface area (Å²) < 4.78 is 4.69. The minimum absolute atomic E-state index is 0.158. The first-order valence-corrected chi connectivity index (χ1v) is 5.43. The summed E-state index contributed by atoms with van der Waals surface area (Å²) in [6.07, 6.45) is 3.07. The van der Waals surface area contributed by atoms with Crippen LogP contribution in [-0.4, -0.2) is 21.0 Å². The van der Waals surface area contributed by atoms with Crippen LogP contribution in [0, 0.1) is 0 Å². The van der Waals surface area contributed by atoms with Gasteiger partial charge in [-0.3, -0.25) is 4.79 Å². The van der Waals surface area contributed by atoms with Crippen LogP contribution in [0.25, 0.3) is 11.0 Å². The number of fused-ring (bicyclic) bond motifs is 1. The third-order valence-electron chi connectivity index (χ3n) is 2.60. The molecule has 0 aliphatic rings. The van der Waals surface area contributed by atoms with Crippen LogP contribution in [0.4, 0.5) is 0 Å². The fourth-order valence-electron chi connectivity index (χ4n) is 1.68. The third-order valence-corrected chi connectivity index (χ3v) is 2.60. The maximum absolute atomic E-state index is 11.9. The molecule has 90 valence electrons. The van der Waals surface area contributed by atoms with E-state index in [1.165, 1.54) is 6.26 Å². The Morgan fingerprint density at radius 2 is 2.33 bits per heavy atom. The maximum atomic E-state index is 11.9. The largest absolute Gasteiger partial charge is 0.364 e. The highest BCUT2D eigenvalue weighted by Gasteiger charge is 2.07. The molecule has 0 atom stereocenters. The molecule has 0 unspecified atom stereocenters. The topological polar surface area (TPSA) is 83.8 Å². The lowest BCUT2D eigenvalue weighted by Gasteiger charge is -2.02. The second kappa shape index (κ2) is 4.33. The number of aromatic nitrogens is 3. The molecule has 1 amide bonds. The molecule has 0 saturated heterocycles. The molecular formula is C12H10N4O2. The standard InChI is InChI=1S/C12H10N4O2/c17-12(13-6-9-3-4-18-16-9)8-1-2-10-11(5-8)15-7-14-10/h1-5,7H,6H2,(H,13,17)(H,14,15). The first-order valence-electron chi connectivity index (χ1n) is 5.43. The van der Waals surface area contributed by atoms with Crippen LogP contribution in [0.5, 0.6) is 0 Å². The number of nitrogens with zero attached hydrogens (tertiary/aromatic N) is 2. The summed E-state index contributed by atoms with van der Waals surface area (Å²) in [6.45, 7) is 0.344. The Morgan fingerprint density at radius 1 is 1.39 bits per heavy atom. The van der Waals surface area contributed by atoms with Gasteiger partial charge in [0, 0.05) is 11.6 Å². The number of imidazole rings is 1. The van der Waals surface area contributed by atoms with Gasteiger partial charge >= 0.3 is 0 Å². The van der Waals surface area contributed by atoms with E-state index in [0.717, 1.165) is 11.0 Å². The Kier molecular flexibility index (Phi) is 2.53. The van der Waals surface area contributed by atoms with E-state index < -0.39 is 0 Å². The third kappa shape index (κ3) is 1.95. The number of hydrogen-bond donors (Lipinski definition) is 2. The quantitative estimate of drug-likeness (QED) is 0.728. The molecular weight excluding hydrogens is 232 g/mol. The van der Waals surface area contributed by atoms with Crippen molar-refractivity contribution in [3.05, 3.63) is 48.1 Å². The van der Waals surface area contributed by atoms with Crippen molar-refractivity contribution in [2.24, 2.45) is 0 Å². The first-order chi connectivity index (χ1) is 8.83. The average Bonchev–Trinajstić information content (AvgIpc) is 3.05. The Hall–Kier alpha value is -2.63. The summed E-state index contributed by atoms with van der Waals surface area (Å²) in [6, 6.07) is 7.01. The van der Waals surface area contributed by atoms with E-state index in [9.17, 15) is 4.79 Å². The van der Waals surface area contributed by atoms with Crippen molar-refractivity contribution in [1.29, 1.82) is 0 Å². The normalized spacial score (nSPS) is 10.7. The van der Waals surface area contributed by atoms with Gasteiger partial charge in [0.2, 0.25) is 0 Å². The fourth-order valence-corrected chi connectivity index (χ4v) is 1.68. The van der Waals surface area contributed by atoms with Gasteiger partial charge in [-0.25, -0.2) is 4.98 Å². The molecule has 1 aromatic carbocycles. The van der Waals surface area contributed by atoms with Crippen LogP contribution in [0.1, 0.15) is 16.1 Å². The van der Waals surface area contributed by atoms with E-state index in [4.69, 9.17) is 0 Å². The Morgan fingerprint density at radius 3 is 3.17 bits per heavy atom. The molecule has 0 radical (unpaired) electrons. The fraction of sp³-hybridized carbons (Fsp3) is 0.0833. The molecule has 18 heavy (non-hydrogen) atoms. The molecule has 0 bridgehead atoms. The molecule has 0 aliphatic carbocycles. The van der Waals surface area contributed by atoms with Gasteiger partial charge in [-0.1, -0.05) is 5.16 Å². The summed E-state index contributed by atoms with van der Waals surface area (Å²) in [5, 5.41) is 6.48. The smallest absolute Gasteiger partial charge is 0.251 e. The molecule has 3 rings (SSSR count). The van der Waals surface area contributed by atoms with Crippen molar-refractivity contribution < 1.29 is 9.32 Å². The predicted octanol–water partition coefficient (Wildman–Crippen LogP) is 1.48. The van der Waals surface area contributed by atoms with Crippen molar-refractivity contribution in [3.8, 4) is 0 Å². The summed E-state index contributed by atoms with van der Waals surface area (Å²) in [5.41, 5.74) is 2.94. The molecule has 3 aromatic rings. The highest BCUT2D eigenvalue weighted by atomic mass is 16.5. The van der Waals surface area contributed by atoms with Crippen LogP contribution in [0.2, 0.25) is 0 Å². The molecule has 2 heterocycles. The number of rotatable bonds is 3. The van der Waals surface area contributed by atoms with Gasteiger partial charge in [0.15, 0.2) is 0 Å². The zero-order valence-electron chi connectivity index (χ0n) is 9.38. The van der Waals surface area contributed by atoms with E-state index in [1.54, 1.807) is 30.6 Å². The number of carbonyl (C=O) groups excluding carboxylic acids is 1. The van der Waals surface area contributed by atoms with Gasteiger partial charge in [0.25, 0.3) is 5.91 Å². The summed E-state index contributed by atoms with van der Waals surface area (Å²) in [5.74, 6) is -0.158. The number of H-pyrrole nitrogens is 1. The lowest BCUT2D eigenvalue weighted by atomic mass is 10.2. The predicted molar refractivity (Wildman–Crippen MR) is 63.8 cm³/mol. The minimum atomic E-state index is -0.158. The van der Waals surface area contributed by atoms with E-state index in [0.29, 0.717) is 17.8 Å². The number of hydrogen-bond acceptors (Lipinski definition) is 4. The number of benzene rings is 1. The Balaban J connectivity index is 1.75. The lowest BCUT2D eigenvalue weighted by molar-refractivity contribution is 0.0950. The van der Waals surface area contributed by atoms with E-state index >= 15 is 0 Å². The van der Waals surface area contributed by atoms with E-state index in [1.807, 2.05) is 0 Å². The zero-order valence-corrected chi connectivity index (χ0v) is 9.38. The second-order valence-electron chi connectivity index (χ2n) is 3.81. The monoisotopic (exact) mass is 242 g/mol. The summed E-state index contributed by atoms with van der Waals surface area (Å²) in [4.78, 5) is 19.0. The van der Waals surface area contributed by atoms with Crippen LogP contribution in [-0.2, 0) is 6.54 Å². The van der Waals surface area contributed by atoms with Crippen LogP contribution >= 0.6 is 0 Å². The maximum Gasteiger partial charge on any atom is 0.251 e. The molecule has 0 spiro atoms. The van der Waals surface area contributed by atoms with Crippen molar-refractivity contribution in [2.45, 2.75) is 6.54 Å². The highest BCUT2D eigenvalue weighted by molar-refractivity contribution is 5.97. The van der Waals surface area contributed by atoms with E-state index in [2.05, 4.69) is 25.0 Å². The van der Waals surface area contributed by atoms with Crippen LogP contribution in [0.15, 0.2) is 41.4 Å². The van der Waals surface area contributed by atoms with Gasteiger partial charge in [-0.15, -0.1) is 0 Å². The Bertz CT molecular complexity index is 672. The number of nitrogens with one attached hydrogen (secondary N) is 2. The van der Waals surface area contributed by atoms with Gasteiger partial charge < -0.3 is 14.8 Å². The van der Waals surface area contributed by atoms with Crippen molar-refractivity contribution in [1.82, 2.24) is 20.4 Å². The number of aromatic amines is 1. The van der Waals surface area contributed by atoms with Crippen molar-refractivity contribution in [2.75, 3.05) is 0 Å². The van der Waals surface area contributed by atoms with Gasteiger partial charge in [0.1, 0.15) is 12.0 Å². The second-order valence-corrected chi connectivity index (χ2v) is 3.81. The highest BCUT2D eigenvalue weighted by Crippen LogP contribution is 2.11. The van der Waals surface area contributed by atoms with Gasteiger partial charge in [-0.2, -0.15) is 0 Å². The van der Waals surface area contributed by atoms with Crippen LogP contribution < -0.4 is 5.32 Å². The van der Waals surface area contributed by atoms with Gasteiger partial charge in [-0.05, 0) is 18.2 Å².